The Morgan fingerprint density at radius 3 is 2.34 bits per heavy atom. The molecule has 0 bridgehead atoms. The first kappa shape index (κ1) is 20.7. The second kappa shape index (κ2) is 10.5. The topological polar surface area (TPSA) is 69.2 Å². The SMILES string of the molecule is COc1cc(/C=N\NC(=O)C2CCCCC2)cc(OC)c1OCc1ccccc1. The number of ether oxygens (including phenoxy) is 3. The second-order valence-electron chi connectivity index (χ2n) is 7.10. The quantitative estimate of drug-likeness (QED) is 0.533. The van der Waals surface area contributed by atoms with Gasteiger partial charge in [0.05, 0.1) is 20.4 Å². The molecule has 1 aliphatic carbocycles. The Hall–Kier alpha value is -3.02. The van der Waals surface area contributed by atoms with Crippen LogP contribution in [0.15, 0.2) is 47.6 Å². The highest BCUT2D eigenvalue weighted by Crippen LogP contribution is 2.38. The first-order chi connectivity index (χ1) is 14.2. The van der Waals surface area contributed by atoms with Crippen molar-refractivity contribution in [3.63, 3.8) is 0 Å². The van der Waals surface area contributed by atoms with Crippen LogP contribution in [0, 0.1) is 5.92 Å². The zero-order valence-electron chi connectivity index (χ0n) is 17.0. The van der Waals surface area contributed by atoms with Gasteiger partial charge in [-0.05, 0) is 30.5 Å². The van der Waals surface area contributed by atoms with E-state index < -0.39 is 0 Å². The average Bonchev–Trinajstić information content (AvgIpc) is 2.78. The van der Waals surface area contributed by atoms with Crippen LogP contribution in [0.25, 0.3) is 0 Å². The highest BCUT2D eigenvalue weighted by Gasteiger charge is 2.20. The number of nitrogens with zero attached hydrogens (tertiary/aromatic N) is 1. The van der Waals surface area contributed by atoms with E-state index in [4.69, 9.17) is 14.2 Å². The van der Waals surface area contributed by atoms with Gasteiger partial charge in [-0.15, -0.1) is 0 Å². The monoisotopic (exact) mass is 396 g/mol. The average molecular weight is 396 g/mol. The Bertz CT molecular complexity index is 805. The van der Waals surface area contributed by atoms with Crippen LogP contribution in [0.2, 0.25) is 0 Å². The lowest BCUT2D eigenvalue weighted by Gasteiger charge is -2.19. The number of amides is 1. The normalized spacial score (nSPS) is 14.6. The van der Waals surface area contributed by atoms with Crippen molar-refractivity contribution in [1.29, 1.82) is 0 Å². The number of hydrazone groups is 1. The maximum Gasteiger partial charge on any atom is 0.243 e. The third-order valence-electron chi connectivity index (χ3n) is 5.07. The summed E-state index contributed by atoms with van der Waals surface area (Å²) in [4.78, 5) is 12.2. The number of methoxy groups -OCH3 is 2. The zero-order valence-corrected chi connectivity index (χ0v) is 17.0. The molecule has 0 aliphatic heterocycles. The van der Waals surface area contributed by atoms with Gasteiger partial charge in [-0.3, -0.25) is 4.79 Å². The summed E-state index contributed by atoms with van der Waals surface area (Å²) in [5.74, 6) is 1.67. The molecule has 6 nitrogen and oxygen atoms in total. The molecule has 0 radical (unpaired) electrons. The molecule has 1 fully saturated rings. The lowest BCUT2D eigenvalue weighted by molar-refractivity contribution is -0.125. The molecule has 0 unspecified atom stereocenters. The zero-order chi connectivity index (χ0) is 20.5. The van der Waals surface area contributed by atoms with Crippen molar-refractivity contribution in [3.8, 4) is 17.2 Å². The molecular weight excluding hydrogens is 368 g/mol. The van der Waals surface area contributed by atoms with Crippen molar-refractivity contribution in [3.05, 3.63) is 53.6 Å². The molecule has 2 aromatic carbocycles. The van der Waals surface area contributed by atoms with E-state index in [0.29, 0.717) is 23.9 Å². The van der Waals surface area contributed by atoms with Crippen LogP contribution in [0.3, 0.4) is 0 Å². The lowest BCUT2D eigenvalue weighted by atomic mass is 9.89. The highest BCUT2D eigenvalue weighted by atomic mass is 16.5. The van der Waals surface area contributed by atoms with Crippen molar-refractivity contribution in [2.45, 2.75) is 38.7 Å². The molecule has 1 saturated carbocycles. The van der Waals surface area contributed by atoms with Crippen molar-refractivity contribution in [2.75, 3.05) is 14.2 Å². The summed E-state index contributed by atoms with van der Waals surface area (Å²) >= 11 is 0. The van der Waals surface area contributed by atoms with Crippen LogP contribution >= 0.6 is 0 Å². The molecule has 154 valence electrons. The molecule has 6 heteroatoms. The van der Waals surface area contributed by atoms with E-state index in [-0.39, 0.29) is 11.8 Å². The smallest absolute Gasteiger partial charge is 0.243 e. The van der Waals surface area contributed by atoms with Gasteiger partial charge < -0.3 is 14.2 Å². The van der Waals surface area contributed by atoms with Gasteiger partial charge in [-0.25, -0.2) is 5.43 Å². The standard InChI is InChI=1S/C23H28N2O4/c1-27-20-13-18(15-24-25-23(26)19-11-7-4-8-12-19)14-21(28-2)22(20)29-16-17-9-5-3-6-10-17/h3,5-6,9-10,13-15,19H,4,7-8,11-12,16H2,1-2H3,(H,25,26)/b24-15-. The summed E-state index contributed by atoms with van der Waals surface area (Å²) in [5.41, 5.74) is 4.45. The third kappa shape index (κ3) is 5.73. The summed E-state index contributed by atoms with van der Waals surface area (Å²) < 4.78 is 16.9. The summed E-state index contributed by atoms with van der Waals surface area (Å²) in [7, 11) is 3.16. The minimum Gasteiger partial charge on any atom is -0.493 e. The molecule has 3 rings (SSSR count). The number of carbonyl (C=O) groups is 1. The van der Waals surface area contributed by atoms with E-state index in [9.17, 15) is 4.79 Å². The molecular formula is C23H28N2O4. The van der Waals surface area contributed by atoms with Crippen LogP contribution in [0.4, 0.5) is 0 Å². The number of hydrogen-bond donors (Lipinski definition) is 1. The minimum absolute atomic E-state index is 0.0114. The van der Waals surface area contributed by atoms with Gasteiger partial charge in [0, 0.05) is 11.5 Å². The van der Waals surface area contributed by atoms with Crippen LogP contribution in [-0.4, -0.2) is 26.3 Å². The Labute approximate surface area is 171 Å². The number of rotatable bonds is 8. The van der Waals surface area contributed by atoms with Gasteiger partial charge in [0.25, 0.3) is 0 Å². The molecule has 1 N–H and O–H groups in total. The van der Waals surface area contributed by atoms with E-state index in [2.05, 4.69) is 10.5 Å². The van der Waals surface area contributed by atoms with Gasteiger partial charge in [-0.1, -0.05) is 49.6 Å². The van der Waals surface area contributed by atoms with Crippen LogP contribution in [0.5, 0.6) is 17.2 Å². The maximum atomic E-state index is 12.2. The molecule has 0 heterocycles. The molecule has 29 heavy (non-hydrogen) atoms. The van der Waals surface area contributed by atoms with E-state index in [1.807, 2.05) is 30.3 Å². The summed E-state index contributed by atoms with van der Waals surface area (Å²) in [6.07, 6.45) is 6.91. The Kier molecular flexibility index (Phi) is 7.50. The second-order valence-corrected chi connectivity index (χ2v) is 7.10. The van der Waals surface area contributed by atoms with E-state index in [1.54, 1.807) is 32.6 Å². The van der Waals surface area contributed by atoms with Gasteiger partial charge in [0.1, 0.15) is 6.61 Å². The van der Waals surface area contributed by atoms with Crippen molar-refractivity contribution in [1.82, 2.24) is 5.43 Å². The fourth-order valence-corrected chi connectivity index (χ4v) is 3.47. The van der Waals surface area contributed by atoms with Crippen molar-refractivity contribution in [2.24, 2.45) is 11.0 Å². The minimum atomic E-state index is -0.0114. The molecule has 0 spiro atoms. The number of carbonyl (C=O) groups excluding carboxylic acids is 1. The van der Waals surface area contributed by atoms with Crippen molar-refractivity contribution >= 4 is 12.1 Å². The number of hydrogen-bond acceptors (Lipinski definition) is 5. The number of nitrogens with one attached hydrogen (secondary N) is 1. The molecule has 1 amide bonds. The molecule has 0 atom stereocenters. The van der Waals surface area contributed by atoms with Crippen LogP contribution < -0.4 is 19.6 Å². The fraction of sp³-hybridized carbons (Fsp3) is 0.391. The third-order valence-corrected chi connectivity index (χ3v) is 5.07. The van der Waals surface area contributed by atoms with Gasteiger partial charge in [-0.2, -0.15) is 5.10 Å². The van der Waals surface area contributed by atoms with Crippen LogP contribution in [-0.2, 0) is 11.4 Å². The van der Waals surface area contributed by atoms with E-state index >= 15 is 0 Å². The van der Waals surface area contributed by atoms with Crippen LogP contribution in [0.1, 0.15) is 43.2 Å². The predicted molar refractivity (Wildman–Crippen MR) is 113 cm³/mol. The number of benzene rings is 2. The van der Waals surface area contributed by atoms with Gasteiger partial charge >= 0.3 is 0 Å². The van der Waals surface area contributed by atoms with Gasteiger partial charge in [0.2, 0.25) is 11.7 Å². The Morgan fingerprint density at radius 1 is 1.07 bits per heavy atom. The molecule has 0 aromatic heterocycles. The highest BCUT2D eigenvalue weighted by molar-refractivity contribution is 5.85. The lowest BCUT2D eigenvalue weighted by Crippen LogP contribution is -2.28. The fourth-order valence-electron chi connectivity index (χ4n) is 3.47. The predicted octanol–water partition coefficient (Wildman–Crippen LogP) is 4.31. The molecule has 1 aliphatic rings. The Balaban J connectivity index is 1.68. The summed E-state index contributed by atoms with van der Waals surface area (Å²) in [6, 6.07) is 13.5. The van der Waals surface area contributed by atoms with Gasteiger partial charge in [0.15, 0.2) is 11.5 Å². The molecule has 0 saturated heterocycles. The molecule has 2 aromatic rings. The largest absolute Gasteiger partial charge is 0.493 e. The summed E-state index contributed by atoms with van der Waals surface area (Å²) in [6.45, 7) is 0.401. The van der Waals surface area contributed by atoms with E-state index in [1.165, 1.54) is 6.42 Å². The Morgan fingerprint density at radius 2 is 1.72 bits per heavy atom. The maximum absolute atomic E-state index is 12.2. The summed E-state index contributed by atoms with van der Waals surface area (Å²) in [5, 5.41) is 4.11. The van der Waals surface area contributed by atoms with E-state index in [0.717, 1.165) is 36.8 Å². The first-order valence-corrected chi connectivity index (χ1v) is 9.97. The van der Waals surface area contributed by atoms with Crippen molar-refractivity contribution < 1.29 is 19.0 Å². The first-order valence-electron chi connectivity index (χ1n) is 9.97.